The molecule has 0 aromatic heterocycles. The van der Waals surface area contributed by atoms with Crippen LogP contribution in [0, 0.1) is 0 Å². The first-order chi connectivity index (χ1) is 5.41. The van der Waals surface area contributed by atoms with Gasteiger partial charge in [0.1, 0.15) is 0 Å². The summed E-state index contributed by atoms with van der Waals surface area (Å²) in [6, 6.07) is 0. The van der Waals surface area contributed by atoms with E-state index >= 15 is 0 Å². The summed E-state index contributed by atoms with van der Waals surface area (Å²) in [5, 5.41) is 11.1. The number of nitrogens with one attached hydrogen (secondary N) is 1. The Balaban J connectivity index is 3.51. The highest BCUT2D eigenvalue weighted by Gasteiger charge is 1.61. The van der Waals surface area contributed by atoms with Gasteiger partial charge in [-0.1, -0.05) is 24.3 Å². The van der Waals surface area contributed by atoms with Crippen LogP contribution in [-0.4, -0.2) is 12.2 Å². The first kappa shape index (κ1) is 9.56. The van der Waals surface area contributed by atoms with Crippen LogP contribution in [-0.2, 0) is 0 Å². The highest BCUT2D eigenvalue weighted by molar-refractivity contribution is 5.14. The van der Waals surface area contributed by atoms with E-state index in [1.54, 1.807) is 12.2 Å². The molecule has 2 heteroatoms. The number of aliphatic hydroxyl groups excluding tert-OH is 1. The lowest BCUT2D eigenvalue weighted by Crippen LogP contribution is -1.89. The van der Waals surface area contributed by atoms with Crippen LogP contribution in [0.4, 0.5) is 0 Å². The van der Waals surface area contributed by atoms with Gasteiger partial charge in [0, 0.05) is 7.05 Å². The van der Waals surface area contributed by atoms with Crippen molar-refractivity contribution in [2.45, 2.75) is 0 Å². The Kier molecular flexibility index (Phi) is 7.44. The molecule has 0 amide bonds. The van der Waals surface area contributed by atoms with Crippen LogP contribution >= 0.6 is 0 Å². The molecule has 0 aliphatic heterocycles. The van der Waals surface area contributed by atoms with Gasteiger partial charge in [0.05, 0.1) is 6.26 Å². The molecule has 0 bridgehead atoms. The quantitative estimate of drug-likeness (QED) is 0.475. The molecule has 0 saturated heterocycles. The SMILES string of the molecule is CN/C=C/C=C/C=C/C=C/O. The smallest absolute Gasteiger partial charge is 0.0791 e. The Bertz CT molecular complexity index is 178. The van der Waals surface area contributed by atoms with Crippen molar-refractivity contribution >= 4 is 0 Å². The van der Waals surface area contributed by atoms with E-state index < -0.39 is 0 Å². The van der Waals surface area contributed by atoms with Gasteiger partial charge in [-0.3, -0.25) is 0 Å². The number of hydrogen-bond acceptors (Lipinski definition) is 2. The van der Waals surface area contributed by atoms with Crippen molar-refractivity contribution in [2.75, 3.05) is 7.05 Å². The lowest BCUT2D eigenvalue weighted by molar-refractivity contribution is 0.474. The Morgan fingerprint density at radius 3 is 2.00 bits per heavy atom. The van der Waals surface area contributed by atoms with E-state index in [-0.39, 0.29) is 0 Å². The lowest BCUT2D eigenvalue weighted by atomic mass is 10.4. The summed E-state index contributed by atoms with van der Waals surface area (Å²) in [7, 11) is 1.84. The fourth-order valence-electron chi connectivity index (χ4n) is 0.458. The van der Waals surface area contributed by atoms with E-state index in [2.05, 4.69) is 5.32 Å². The van der Waals surface area contributed by atoms with Crippen molar-refractivity contribution in [3.05, 3.63) is 48.9 Å². The molecule has 0 aromatic carbocycles. The van der Waals surface area contributed by atoms with Gasteiger partial charge >= 0.3 is 0 Å². The van der Waals surface area contributed by atoms with Crippen LogP contribution in [0.5, 0.6) is 0 Å². The zero-order valence-corrected chi connectivity index (χ0v) is 6.57. The third-order valence-electron chi connectivity index (χ3n) is 0.905. The normalized spacial score (nSPS) is 12.8. The molecular formula is C9H13NO. The Morgan fingerprint density at radius 2 is 1.45 bits per heavy atom. The molecular weight excluding hydrogens is 138 g/mol. The van der Waals surface area contributed by atoms with Crippen LogP contribution in [0.3, 0.4) is 0 Å². The minimum absolute atomic E-state index is 0.994. The van der Waals surface area contributed by atoms with Gasteiger partial charge in [0.25, 0.3) is 0 Å². The topological polar surface area (TPSA) is 32.3 Å². The number of aliphatic hydroxyl groups is 1. The van der Waals surface area contributed by atoms with Gasteiger partial charge in [0.15, 0.2) is 0 Å². The van der Waals surface area contributed by atoms with Crippen LogP contribution in [0.15, 0.2) is 48.9 Å². The zero-order chi connectivity index (χ0) is 8.36. The average Bonchev–Trinajstić information content (AvgIpc) is 2.03. The van der Waals surface area contributed by atoms with Crippen molar-refractivity contribution in [2.24, 2.45) is 0 Å². The molecule has 0 atom stereocenters. The van der Waals surface area contributed by atoms with E-state index in [0.717, 1.165) is 6.26 Å². The molecule has 0 fully saturated rings. The van der Waals surface area contributed by atoms with Crippen LogP contribution in [0.25, 0.3) is 0 Å². The van der Waals surface area contributed by atoms with Crippen molar-refractivity contribution < 1.29 is 5.11 Å². The van der Waals surface area contributed by atoms with E-state index in [1.165, 1.54) is 0 Å². The monoisotopic (exact) mass is 151 g/mol. The molecule has 11 heavy (non-hydrogen) atoms. The second-order valence-electron chi connectivity index (χ2n) is 1.76. The molecule has 2 nitrogen and oxygen atoms in total. The van der Waals surface area contributed by atoms with Gasteiger partial charge in [-0.15, -0.1) is 0 Å². The molecule has 0 aromatic rings. The number of hydrogen-bond donors (Lipinski definition) is 2. The van der Waals surface area contributed by atoms with Gasteiger partial charge in [0.2, 0.25) is 0 Å². The number of rotatable bonds is 4. The van der Waals surface area contributed by atoms with Crippen LogP contribution in [0.1, 0.15) is 0 Å². The maximum atomic E-state index is 8.23. The fourth-order valence-corrected chi connectivity index (χ4v) is 0.458. The zero-order valence-electron chi connectivity index (χ0n) is 6.57. The number of allylic oxidation sites excluding steroid dienone is 6. The first-order valence-corrected chi connectivity index (χ1v) is 3.38. The van der Waals surface area contributed by atoms with E-state index in [1.807, 2.05) is 37.6 Å². The summed E-state index contributed by atoms with van der Waals surface area (Å²) in [6.45, 7) is 0. The van der Waals surface area contributed by atoms with Crippen molar-refractivity contribution in [1.82, 2.24) is 5.32 Å². The molecule has 0 spiro atoms. The largest absolute Gasteiger partial charge is 0.516 e. The highest BCUT2D eigenvalue weighted by atomic mass is 16.2. The molecule has 0 aliphatic carbocycles. The molecule has 0 aliphatic rings. The van der Waals surface area contributed by atoms with Crippen LogP contribution < -0.4 is 5.32 Å². The Hall–Kier alpha value is -1.44. The predicted molar refractivity (Wildman–Crippen MR) is 48.2 cm³/mol. The summed E-state index contributed by atoms with van der Waals surface area (Å²) in [5.41, 5.74) is 0. The minimum atomic E-state index is 0.994. The van der Waals surface area contributed by atoms with Crippen molar-refractivity contribution in [3.8, 4) is 0 Å². The van der Waals surface area contributed by atoms with Crippen molar-refractivity contribution in [1.29, 1.82) is 0 Å². The molecule has 2 N–H and O–H groups in total. The summed E-state index contributed by atoms with van der Waals surface area (Å²) in [4.78, 5) is 0. The molecule has 0 radical (unpaired) electrons. The van der Waals surface area contributed by atoms with Gasteiger partial charge in [-0.2, -0.15) is 0 Å². The minimum Gasteiger partial charge on any atom is -0.516 e. The second kappa shape index (κ2) is 8.56. The van der Waals surface area contributed by atoms with E-state index in [4.69, 9.17) is 5.11 Å². The summed E-state index contributed by atoms with van der Waals surface area (Å²) in [6.07, 6.45) is 13.6. The van der Waals surface area contributed by atoms with Crippen LogP contribution in [0.2, 0.25) is 0 Å². The molecule has 0 saturated carbocycles. The third-order valence-corrected chi connectivity index (χ3v) is 0.905. The summed E-state index contributed by atoms with van der Waals surface area (Å²) in [5.74, 6) is 0. The molecule has 0 heterocycles. The van der Waals surface area contributed by atoms with E-state index in [0.29, 0.717) is 0 Å². The van der Waals surface area contributed by atoms with Crippen molar-refractivity contribution in [3.63, 3.8) is 0 Å². The first-order valence-electron chi connectivity index (χ1n) is 3.38. The molecule has 60 valence electrons. The summed E-state index contributed by atoms with van der Waals surface area (Å²) < 4.78 is 0. The maximum absolute atomic E-state index is 8.23. The average molecular weight is 151 g/mol. The lowest BCUT2D eigenvalue weighted by Gasteiger charge is -1.78. The highest BCUT2D eigenvalue weighted by Crippen LogP contribution is 1.79. The third kappa shape index (κ3) is 8.56. The fraction of sp³-hybridized carbons (Fsp3) is 0.111. The predicted octanol–water partition coefficient (Wildman–Crippen LogP) is 1.90. The van der Waals surface area contributed by atoms with Gasteiger partial charge < -0.3 is 10.4 Å². The molecule has 0 rings (SSSR count). The Labute approximate surface area is 67.2 Å². The van der Waals surface area contributed by atoms with Gasteiger partial charge in [-0.05, 0) is 18.4 Å². The molecule has 0 unspecified atom stereocenters. The van der Waals surface area contributed by atoms with E-state index in [9.17, 15) is 0 Å². The maximum Gasteiger partial charge on any atom is 0.0791 e. The second-order valence-corrected chi connectivity index (χ2v) is 1.76. The standard InChI is InChI=1S/C9H13NO/c1-10-8-6-4-2-3-5-7-9-11/h2-11H,1H3/b4-2+,5-3+,8-6+,9-7+. The summed E-state index contributed by atoms with van der Waals surface area (Å²) >= 11 is 0. The Morgan fingerprint density at radius 1 is 0.909 bits per heavy atom. The van der Waals surface area contributed by atoms with Gasteiger partial charge in [-0.25, -0.2) is 0 Å².